The van der Waals surface area contributed by atoms with Crippen molar-refractivity contribution in [2.75, 3.05) is 24.2 Å². The van der Waals surface area contributed by atoms with Crippen molar-refractivity contribution in [3.63, 3.8) is 0 Å². The van der Waals surface area contributed by atoms with Gasteiger partial charge in [-0.25, -0.2) is 4.79 Å². The molecule has 1 atom stereocenters. The average molecular weight is 306 g/mol. The van der Waals surface area contributed by atoms with Gasteiger partial charge in [-0.2, -0.15) is 0 Å². The number of hydrogen-bond acceptors (Lipinski definition) is 4. The van der Waals surface area contributed by atoms with Gasteiger partial charge in [0.15, 0.2) is 0 Å². The molecule has 1 aromatic carbocycles. The molecule has 1 aromatic rings. The normalized spacial score (nSPS) is 22.4. The van der Waals surface area contributed by atoms with Crippen molar-refractivity contribution in [3.05, 3.63) is 23.8 Å². The molecule has 0 bridgehead atoms. The van der Waals surface area contributed by atoms with Gasteiger partial charge < -0.3 is 10.4 Å². The first-order valence-electron chi connectivity index (χ1n) is 7.68. The van der Waals surface area contributed by atoms with Gasteiger partial charge in [0.05, 0.1) is 11.3 Å². The van der Waals surface area contributed by atoms with E-state index < -0.39 is 5.97 Å². The van der Waals surface area contributed by atoms with Gasteiger partial charge in [-0.15, -0.1) is 11.8 Å². The van der Waals surface area contributed by atoms with Crippen LogP contribution in [0.1, 0.15) is 36.5 Å². The molecule has 1 aliphatic carbocycles. The highest BCUT2D eigenvalue weighted by Crippen LogP contribution is 2.32. The number of hydrogen-bond donors (Lipinski definition) is 2. The Balaban J connectivity index is 1.75. The molecule has 2 N–H and O–H groups in total. The monoisotopic (exact) mass is 306 g/mol. The number of nitrogens with one attached hydrogen (secondary N) is 1. The molecule has 3 rings (SSSR count). The lowest BCUT2D eigenvalue weighted by atomic mass is 10.1. The maximum absolute atomic E-state index is 11.6. The Morgan fingerprint density at radius 3 is 2.90 bits per heavy atom. The molecule has 2 aliphatic rings. The number of benzene rings is 1. The fourth-order valence-corrected chi connectivity index (χ4v) is 3.87. The van der Waals surface area contributed by atoms with Crippen molar-refractivity contribution in [3.8, 4) is 0 Å². The lowest BCUT2D eigenvalue weighted by Crippen LogP contribution is -2.28. The molecule has 1 saturated carbocycles. The molecule has 114 valence electrons. The number of nitrogens with zero attached hydrogens (tertiary/aromatic N) is 1. The zero-order chi connectivity index (χ0) is 14.8. The maximum Gasteiger partial charge on any atom is 0.338 e. The van der Waals surface area contributed by atoms with Gasteiger partial charge in [-0.3, -0.25) is 4.90 Å². The Kier molecular flexibility index (Phi) is 4.40. The number of carboxylic acid groups (broad SMARTS) is 1. The van der Waals surface area contributed by atoms with Crippen LogP contribution in [0.25, 0.3) is 0 Å². The number of rotatable bonds is 6. The second-order valence-corrected chi connectivity index (χ2v) is 7.08. The number of carbonyl (C=O) groups is 1. The molecule has 1 unspecified atom stereocenters. The first-order chi connectivity index (χ1) is 10.2. The Hall–Kier alpha value is -1.20. The molecule has 0 amide bonds. The minimum Gasteiger partial charge on any atom is -0.478 e. The second kappa shape index (κ2) is 6.28. The lowest BCUT2D eigenvalue weighted by molar-refractivity contribution is 0.0694. The number of aromatic carboxylic acids is 1. The maximum atomic E-state index is 11.6. The summed E-state index contributed by atoms with van der Waals surface area (Å²) < 4.78 is 0. The zero-order valence-corrected chi connectivity index (χ0v) is 13.2. The topological polar surface area (TPSA) is 52.6 Å². The van der Waals surface area contributed by atoms with Crippen LogP contribution in [0.3, 0.4) is 0 Å². The van der Waals surface area contributed by atoms with Crippen molar-refractivity contribution in [1.29, 1.82) is 0 Å². The van der Waals surface area contributed by atoms with Gasteiger partial charge >= 0.3 is 5.97 Å². The highest BCUT2D eigenvalue weighted by Gasteiger charge is 2.34. The molecule has 0 aromatic heterocycles. The van der Waals surface area contributed by atoms with Crippen molar-refractivity contribution in [2.45, 2.75) is 43.2 Å². The van der Waals surface area contributed by atoms with E-state index in [0.717, 1.165) is 41.9 Å². The first kappa shape index (κ1) is 14.7. The molecular formula is C16H22N2O2S. The summed E-state index contributed by atoms with van der Waals surface area (Å²) in [5.74, 6) is 0.0360. The van der Waals surface area contributed by atoms with Crippen molar-refractivity contribution in [2.24, 2.45) is 0 Å². The van der Waals surface area contributed by atoms with E-state index in [1.165, 1.54) is 12.8 Å². The van der Waals surface area contributed by atoms with E-state index in [9.17, 15) is 9.90 Å². The van der Waals surface area contributed by atoms with Crippen LogP contribution in [0.15, 0.2) is 23.1 Å². The van der Waals surface area contributed by atoms with Crippen molar-refractivity contribution in [1.82, 2.24) is 4.90 Å². The molecule has 0 spiro atoms. The molecule has 5 heteroatoms. The molecule has 0 radical (unpaired) electrons. The molecule has 1 heterocycles. The summed E-state index contributed by atoms with van der Waals surface area (Å²) in [6.45, 7) is 4.21. The van der Waals surface area contributed by atoms with Gasteiger partial charge in [-0.1, -0.05) is 13.0 Å². The van der Waals surface area contributed by atoms with E-state index in [1.807, 2.05) is 25.1 Å². The summed E-state index contributed by atoms with van der Waals surface area (Å²) in [6, 6.07) is 6.89. The van der Waals surface area contributed by atoms with Crippen LogP contribution < -0.4 is 5.32 Å². The second-order valence-electron chi connectivity index (χ2n) is 5.77. The van der Waals surface area contributed by atoms with E-state index in [0.29, 0.717) is 11.6 Å². The zero-order valence-electron chi connectivity index (χ0n) is 12.3. The van der Waals surface area contributed by atoms with E-state index in [-0.39, 0.29) is 0 Å². The first-order valence-corrected chi connectivity index (χ1v) is 8.67. The Bertz CT molecular complexity index is 531. The largest absolute Gasteiger partial charge is 0.478 e. The predicted molar refractivity (Wildman–Crippen MR) is 86.4 cm³/mol. The van der Waals surface area contributed by atoms with Crippen molar-refractivity contribution >= 4 is 23.4 Å². The van der Waals surface area contributed by atoms with Gasteiger partial charge in [0.1, 0.15) is 0 Å². The molecule has 21 heavy (non-hydrogen) atoms. The lowest BCUT2D eigenvalue weighted by Gasteiger charge is -2.19. The van der Waals surface area contributed by atoms with E-state index >= 15 is 0 Å². The van der Waals surface area contributed by atoms with Gasteiger partial charge in [0.25, 0.3) is 0 Å². The SMILES string of the molecule is CCSc1cccc(NC2CCN(C3CC3)C2)c1C(=O)O. The molecule has 1 saturated heterocycles. The third-order valence-corrected chi connectivity index (χ3v) is 5.12. The summed E-state index contributed by atoms with van der Waals surface area (Å²) in [6.07, 6.45) is 3.76. The van der Waals surface area contributed by atoms with E-state index in [4.69, 9.17) is 0 Å². The van der Waals surface area contributed by atoms with Crippen LogP contribution in [0.4, 0.5) is 5.69 Å². The minimum absolute atomic E-state index is 0.366. The minimum atomic E-state index is -0.842. The van der Waals surface area contributed by atoms with Crippen LogP contribution in [0, 0.1) is 0 Å². The van der Waals surface area contributed by atoms with Gasteiger partial charge in [0.2, 0.25) is 0 Å². The molecular weight excluding hydrogens is 284 g/mol. The number of carboxylic acids is 1. The number of thioether (sulfide) groups is 1. The average Bonchev–Trinajstić information content (AvgIpc) is 3.20. The number of likely N-dealkylation sites (tertiary alicyclic amines) is 1. The summed E-state index contributed by atoms with van der Waals surface area (Å²) in [4.78, 5) is 15.0. The Labute approximate surface area is 129 Å². The predicted octanol–water partition coefficient (Wildman–Crippen LogP) is 3.15. The third kappa shape index (κ3) is 3.35. The van der Waals surface area contributed by atoms with E-state index in [2.05, 4.69) is 10.2 Å². The summed E-state index contributed by atoms with van der Waals surface area (Å²) in [5, 5.41) is 13.0. The number of anilines is 1. The fraction of sp³-hybridized carbons (Fsp3) is 0.562. The standard InChI is InChI=1S/C16H22N2O2S/c1-2-21-14-5-3-4-13(15(14)16(19)20)17-11-8-9-18(10-11)12-6-7-12/h3-5,11-12,17H,2,6-10H2,1H3,(H,19,20). The van der Waals surface area contributed by atoms with Crippen LogP contribution in [0.2, 0.25) is 0 Å². The van der Waals surface area contributed by atoms with E-state index in [1.54, 1.807) is 11.8 Å². The third-order valence-electron chi connectivity index (χ3n) is 4.18. The van der Waals surface area contributed by atoms with Crippen LogP contribution in [0.5, 0.6) is 0 Å². The summed E-state index contributed by atoms with van der Waals surface area (Å²) >= 11 is 1.59. The van der Waals surface area contributed by atoms with Crippen LogP contribution in [-0.2, 0) is 0 Å². The molecule has 1 aliphatic heterocycles. The molecule has 4 nitrogen and oxygen atoms in total. The van der Waals surface area contributed by atoms with Gasteiger partial charge in [0, 0.05) is 30.1 Å². The Morgan fingerprint density at radius 1 is 1.43 bits per heavy atom. The molecule has 2 fully saturated rings. The summed E-state index contributed by atoms with van der Waals surface area (Å²) in [7, 11) is 0. The van der Waals surface area contributed by atoms with Crippen LogP contribution in [-0.4, -0.2) is 46.9 Å². The van der Waals surface area contributed by atoms with Gasteiger partial charge in [-0.05, 0) is 37.1 Å². The fourth-order valence-electron chi connectivity index (χ4n) is 3.04. The summed E-state index contributed by atoms with van der Waals surface area (Å²) in [5.41, 5.74) is 1.19. The van der Waals surface area contributed by atoms with Crippen molar-refractivity contribution < 1.29 is 9.90 Å². The highest BCUT2D eigenvalue weighted by molar-refractivity contribution is 7.99. The van der Waals surface area contributed by atoms with Crippen LogP contribution >= 0.6 is 11.8 Å². The quantitative estimate of drug-likeness (QED) is 0.791. The Morgan fingerprint density at radius 2 is 2.24 bits per heavy atom. The highest BCUT2D eigenvalue weighted by atomic mass is 32.2. The smallest absolute Gasteiger partial charge is 0.338 e.